The van der Waals surface area contributed by atoms with Gasteiger partial charge in [-0.3, -0.25) is 0 Å². The van der Waals surface area contributed by atoms with Gasteiger partial charge in [-0.2, -0.15) is 0 Å². The average molecular weight is 445 g/mol. The molecule has 1 atom stereocenters. The second-order valence-electron chi connectivity index (χ2n) is 6.57. The molecule has 2 saturated heterocycles. The molecule has 2 aliphatic heterocycles. The number of nitrogens with one attached hydrogen (secondary N) is 1. The van der Waals surface area contributed by atoms with Crippen molar-refractivity contribution in [3.05, 3.63) is 35.4 Å². The van der Waals surface area contributed by atoms with Crippen molar-refractivity contribution in [3.63, 3.8) is 0 Å². The molecule has 1 aromatic rings. The third kappa shape index (κ3) is 4.40. The van der Waals surface area contributed by atoms with Crippen molar-refractivity contribution in [1.82, 2.24) is 10.2 Å². The Kier molecular flexibility index (Phi) is 7.31. The molecule has 24 heavy (non-hydrogen) atoms. The van der Waals surface area contributed by atoms with Gasteiger partial charge in [0.25, 0.3) is 0 Å². The molecule has 1 aromatic carbocycles. The Labute approximate surface area is 161 Å². The highest BCUT2D eigenvalue weighted by Gasteiger charge is 2.42. The Bertz CT molecular complexity index is 559. The van der Waals surface area contributed by atoms with Crippen molar-refractivity contribution in [2.75, 3.05) is 32.8 Å². The number of halogens is 1. The molecule has 1 spiro atoms. The molecule has 0 radical (unpaired) electrons. The molecule has 5 nitrogen and oxygen atoms in total. The van der Waals surface area contributed by atoms with Gasteiger partial charge in [0.15, 0.2) is 5.96 Å². The third-order valence-electron chi connectivity index (χ3n) is 4.95. The van der Waals surface area contributed by atoms with E-state index in [0.717, 1.165) is 56.4 Å². The molecule has 1 unspecified atom stereocenters. The maximum Gasteiger partial charge on any atom is 0.194 e. The molecule has 2 heterocycles. The predicted molar refractivity (Wildman–Crippen MR) is 107 cm³/mol. The van der Waals surface area contributed by atoms with Gasteiger partial charge < -0.3 is 20.1 Å². The summed E-state index contributed by atoms with van der Waals surface area (Å²) in [6.45, 7) is 7.46. The van der Waals surface area contributed by atoms with E-state index in [1.165, 1.54) is 6.42 Å². The predicted octanol–water partition coefficient (Wildman–Crippen LogP) is 2.37. The van der Waals surface area contributed by atoms with Crippen LogP contribution in [0.5, 0.6) is 0 Å². The summed E-state index contributed by atoms with van der Waals surface area (Å²) in [4.78, 5) is 7.17. The van der Waals surface area contributed by atoms with Gasteiger partial charge in [0.05, 0.1) is 19.8 Å². The number of aliphatic hydroxyl groups excluding tert-OH is 1. The molecule has 0 aromatic heterocycles. The molecule has 3 rings (SSSR count). The Morgan fingerprint density at radius 3 is 2.79 bits per heavy atom. The van der Waals surface area contributed by atoms with Crippen molar-refractivity contribution in [1.29, 1.82) is 0 Å². The minimum absolute atomic E-state index is 0. The summed E-state index contributed by atoms with van der Waals surface area (Å²) in [5, 5.41) is 12.9. The summed E-state index contributed by atoms with van der Waals surface area (Å²) in [7, 11) is 0. The molecule has 134 valence electrons. The topological polar surface area (TPSA) is 57.1 Å². The molecule has 0 amide bonds. The Morgan fingerprint density at radius 1 is 1.33 bits per heavy atom. The molecule has 2 N–H and O–H groups in total. The zero-order chi connectivity index (χ0) is 16.1. The first-order valence-corrected chi connectivity index (χ1v) is 8.55. The van der Waals surface area contributed by atoms with Crippen molar-refractivity contribution in [2.45, 2.75) is 32.9 Å². The highest BCUT2D eigenvalue weighted by Crippen LogP contribution is 2.38. The zero-order valence-corrected chi connectivity index (χ0v) is 16.7. The van der Waals surface area contributed by atoms with Gasteiger partial charge in [0.1, 0.15) is 0 Å². The number of hydrogen-bond acceptors (Lipinski definition) is 3. The van der Waals surface area contributed by atoms with Crippen molar-refractivity contribution < 1.29 is 9.84 Å². The number of ether oxygens (including phenoxy) is 1. The summed E-state index contributed by atoms with van der Waals surface area (Å²) in [5.74, 6) is 0.976. The fourth-order valence-electron chi connectivity index (χ4n) is 3.54. The number of aliphatic imine (C=N–C) groups is 1. The molecule has 6 heteroatoms. The minimum Gasteiger partial charge on any atom is -0.392 e. The lowest BCUT2D eigenvalue weighted by Crippen LogP contribution is -2.41. The highest BCUT2D eigenvalue weighted by molar-refractivity contribution is 14.0. The largest absolute Gasteiger partial charge is 0.392 e. The molecule has 0 aliphatic carbocycles. The van der Waals surface area contributed by atoms with Crippen molar-refractivity contribution in [2.24, 2.45) is 10.4 Å². The van der Waals surface area contributed by atoms with Crippen LogP contribution in [0, 0.1) is 5.41 Å². The fraction of sp³-hybridized carbons (Fsp3) is 0.611. The summed E-state index contributed by atoms with van der Waals surface area (Å²) >= 11 is 0. The van der Waals surface area contributed by atoms with Gasteiger partial charge >= 0.3 is 0 Å². The van der Waals surface area contributed by atoms with Crippen LogP contribution in [0.3, 0.4) is 0 Å². The number of likely N-dealkylation sites (tertiary alicyclic amines) is 1. The van der Waals surface area contributed by atoms with Crippen molar-refractivity contribution >= 4 is 29.9 Å². The SMILES string of the molecule is CCNC(=NCc1ccccc1CO)N1CCC2(CCOC2)C1.I. The van der Waals surface area contributed by atoms with E-state index < -0.39 is 0 Å². The van der Waals surface area contributed by atoms with Crippen molar-refractivity contribution in [3.8, 4) is 0 Å². The van der Waals surface area contributed by atoms with Crippen LogP contribution >= 0.6 is 24.0 Å². The molecule has 0 saturated carbocycles. The van der Waals surface area contributed by atoms with Crippen LogP contribution < -0.4 is 5.32 Å². The van der Waals surface area contributed by atoms with Crippen LogP contribution in [-0.4, -0.2) is 48.8 Å². The van der Waals surface area contributed by atoms with Gasteiger partial charge in [-0.15, -0.1) is 24.0 Å². The van der Waals surface area contributed by atoms with Crippen LogP contribution in [-0.2, 0) is 17.9 Å². The molecular formula is C18H28IN3O2. The molecule has 2 aliphatic rings. The zero-order valence-electron chi connectivity index (χ0n) is 14.3. The number of rotatable bonds is 4. The quantitative estimate of drug-likeness (QED) is 0.425. The van der Waals surface area contributed by atoms with E-state index in [9.17, 15) is 5.11 Å². The molecule has 2 fully saturated rings. The lowest BCUT2D eigenvalue weighted by Gasteiger charge is -2.25. The van der Waals surface area contributed by atoms with Gasteiger partial charge in [0, 0.05) is 31.7 Å². The lowest BCUT2D eigenvalue weighted by molar-refractivity contribution is 0.156. The number of benzene rings is 1. The first-order chi connectivity index (χ1) is 11.3. The monoisotopic (exact) mass is 445 g/mol. The normalized spacial score (nSPS) is 23.6. The standard InChI is InChI=1S/C18H27N3O2.HI/c1-2-19-17(20-11-15-5-3-4-6-16(15)12-22)21-9-7-18(13-21)8-10-23-14-18;/h3-6,22H,2,7-14H2,1H3,(H,19,20);1H. The lowest BCUT2D eigenvalue weighted by atomic mass is 9.87. The first-order valence-electron chi connectivity index (χ1n) is 8.55. The maximum absolute atomic E-state index is 9.45. The number of aliphatic hydroxyl groups is 1. The molecular weight excluding hydrogens is 417 g/mol. The van der Waals surface area contributed by atoms with Crippen LogP contribution in [0.15, 0.2) is 29.3 Å². The second-order valence-corrected chi connectivity index (χ2v) is 6.57. The van der Waals surface area contributed by atoms with E-state index in [-0.39, 0.29) is 30.6 Å². The summed E-state index contributed by atoms with van der Waals surface area (Å²) in [5.41, 5.74) is 2.37. The highest BCUT2D eigenvalue weighted by atomic mass is 127. The van der Waals surface area contributed by atoms with Crippen LogP contribution in [0.2, 0.25) is 0 Å². The maximum atomic E-state index is 9.45. The van der Waals surface area contributed by atoms with Crippen LogP contribution in [0.25, 0.3) is 0 Å². The summed E-state index contributed by atoms with van der Waals surface area (Å²) in [6.07, 6.45) is 2.35. The van der Waals surface area contributed by atoms with Gasteiger partial charge in [0.2, 0.25) is 0 Å². The Balaban J connectivity index is 0.00000208. The second kappa shape index (κ2) is 9.01. The van der Waals surface area contributed by atoms with E-state index in [0.29, 0.717) is 12.0 Å². The molecule has 0 bridgehead atoms. The van der Waals surface area contributed by atoms with E-state index in [4.69, 9.17) is 9.73 Å². The van der Waals surface area contributed by atoms with E-state index in [1.807, 2.05) is 24.3 Å². The van der Waals surface area contributed by atoms with E-state index >= 15 is 0 Å². The van der Waals surface area contributed by atoms with Gasteiger partial charge in [-0.05, 0) is 30.9 Å². The number of hydrogen-bond donors (Lipinski definition) is 2. The van der Waals surface area contributed by atoms with Crippen LogP contribution in [0.4, 0.5) is 0 Å². The smallest absolute Gasteiger partial charge is 0.194 e. The summed E-state index contributed by atoms with van der Waals surface area (Å²) in [6, 6.07) is 7.94. The number of guanidine groups is 1. The van der Waals surface area contributed by atoms with Crippen LogP contribution in [0.1, 0.15) is 30.9 Å². The number of nitrogens with zero attached hydrogens (tertiary/aromatic N) is 2. The average Bonchev–Trinajstić information content (AvgIpc) is 3.22. The Hall–Kier alpha value is -0.860. The minimum atomic E-state index is 0. The van der Waals surface area contributed by atoms with E-state index in [1.54, 1.807) is 0 Å². The first kappa shape index (κ1) is 19.5. The van der Waals surface area contributed by atoms with Gasteiger partial charge in [-0.25, -0.2) is 4.99 Å². The van der Waals surface area contributed by atoms with Gasteiger partial charge in [-0.1, -0.05) is 24.3 Å². The van der Waals surface area contributed by atoms with E-state index in [2.05, 4.69) is 17.1 Å². The Morgan fingerprint density at radius 2 is 2.12 bits per heavy atom. The fourth-order valence-corrected chi connectivity index (χ4v) is 3.54. The summed E-state index contributed by atoms with van der Waals surface area (Å²) < 4.78 is 5.62. The third-order valence-corrected chi connectivity index (χ3v) is 4.95.